The summed E-state index contributed by atoms with van der Waals surface area (Å²) in [6, 6.07) is 16.4. The number of fused-ring (bicyclic) bond motifs is 1. The van der Waals surface area contributed by atoms with E-state index in [-0.39, 0.29) is 23.5 Å². The van der Waals surface area contributed by atoms with Gasteiger partial charge in [0.1, 0.15) is 18.2 Å². The van der Waals surface area contributed by atoms with Gasteiger partial charge in [-0.2, -0.15) is 0 Å². The van der Waals surface area contributed by atoms with E-state index in [1.807, 2.05) is 0 Å². The van der Waals surface area contributed by atoms with Gasteiger partial charge >= 0.3 is 19.5 Å². The number of hydrogen-bond acceptors (Lipinski definition) is 12. The number of anilines is 1. The lowest BCUT2D eigenvalue weighted by atomic mass is 10.2. The van der Waals surface area contributed by atoms with Gasteiger partial charge in [0.05, 0.1) is 30.1 Å². The van der Waals surface area contributed by atoms with Crippen molar-refractivity contribution in [3.8, 4) is 0 Å². The van der Waals surface area contributed by atoms with Crippen LogP contribution in [0, 0.1) is 0 Å². The molecular weight excluding hydrogens is 529 g/mol. The average molecular weight is 555 g/mol. The van der Waals surface area contributed by atoms with E-state index < -0.39 is 45.6 Å². The maximum absolute atomic E-state index is 13.4. The maximum Gasteiger partial charge on any atom is 0.361 e. The summed E-state index contributed by atoms with van der Waals surface area (Å²) in [5.74, 6) is -1.12. The van der Waals surface area contributed by atoms with Gasteiger partial charge < -0.3 is 24.5 Å². The predicted octanol–water partition coefficient (Wildman–Crippen LogP) is 3.63. The fraction of sp³-hybridized carbons (Fsp3) is 0.240. The van der Waals surface area contributed by atoms with Crippen molar-refractivity contribution in [2.45, 2.75) is 19.6 Å². The molecule has 0 unspecified atom stereocenters. The lowest BCUT2D eigenvalue weighted by Gasteiger charge is -2.21. The minimum atomic E-state index is -4.06. The fourth-order valence-electron chi connectivity index (χ4n) is 3.33. The molecule has 0 saturated carbocycles. The van der Waals surface area contributed by atoms with Gasteiger partial charge in [-0.15, -0.1) is 0 Å². The Labute approximate surface area is 223 Å². The first-order chi connectivity index (χ1) is 18.8. The van der Waals surface area contributed by atoms with Crippen LogP contribution in [0.5, 0.6) is 0 Å². The molecular formula is C25H26N5O8P. The van der Waals surface area contributed by atoms with Crippen molar-refractivity contribution in [1.29, 1.82) is 0 Å². The first kappa shape index (κ1) is 27.9. The predicted molar refractivity (Wildman–Crippen MR) is 138 cm³/mol. The fourth-order valence-corrected chi connectivity index (χ4v) is 4.42. The monoisotopic (exact) mass is 555 g/mol. The quantitative estimate of drug-likeness (QED) is 0.145. The second-order valence-electron chi connectivity index (χ2n) is 8.13. The highest BCUT2D eigenvalue weighted by Gasteiger charge is 2.28. The van der Waals surface area contributed by atoms with Crippen LogP contribution in [-0.2, 0) is 34.4 Å². The second-order valence-corrected chi connectivity index (χ2v) is 10.1. The Hall–Kier alpha value is -4.16. The Bertz CT molecular complexity index is 1390. The van der Waals surface area contributed by atoms with Crippen LogP contribution < -0.4 is 5.73 Å². The number of nitrogens with two attached hydrogens (primary N) is 1. The summed E-state index contributed by atoms with van der Waals surface area (Å²) in [5.41, 5.74) is 7.36. The van der Waals surface area contributed by atoms with Crippen LogP contribution in [-0.4, -0.2) is 57.5 Å². The summed E-state index contributed by atoms with van der Waals surface area (Å²) in [6.45, 7) is 0.639. The van der Waals surface area contributed by atoms with Gasteiger partial charge in [-0.05, 0) is 31.2 Å². The molecule has 39 heavy (non-hydrogen) atoms. The number of nitrogens with zero attached hydrogens (tertiary/aromatic N) is 4. The van der Waals surface area contributed by atoms with Crippen LogP contribution in [0.25, 0.3) is 11.2 Å². The van der Waals surface area contributed by atoms with Crippen LogP contribution in [0.4, 0.5) is 5.82 Å². The van der Waals surface area contributed by atoms with Gasteiger partial charge in [-0.3, -0.25) is 13.6 Å². The number of hydrogen-bond donors (Lipinski definition) is 1. The molecule has 2 heterocycles. The molecule has 204 valence electrons. The van der Waals surface area contributed by atoms with Crippen LogP contribution in [0.1, 0.15) is 27.6 Å². The van der Waals surface area contributed by atoms with E-state index in [4.69, 9.17) is 29.0 Å². The SMILES string of the molecule is C[C@H](Cn1cnc2c(N)ncnc21)OCP(=O)(OCOC(=O)c1ccccc1)OCOC(=O)c1ccccc1. The van der Waals surface area contributed by atoms with Crippen LogP contribution >= 0.6 is 7.60 Å². The molecule has 0 aliphatic heterocycles. The van der Waals surface area contributed by atoms with Gasteiger partial charge in [0.2, 0.25) is 13.6 Å². The molecule has 0 saturated heterocycles. The molecule has 2 aromatic carbocycles. The number of rotatable bonds is 13. The molecule has 4 rings (SSSR count). The number of imidazole rings is 1. The largest absolute Gasteiger partial charge is 0.434 e. The zero-order valence-electron chi connectivity index (χ0n) is 20.9. The van der Waals surface area contributed by atoms with E-state index in [0.717, 1.165) is 0 Å². The summed E-state index contributed by atoms with van der Waals surface area (Å²) in [5, 5.41) is 0. The van der Waals surface area contributed by atoms with E-state index in [0.29, 0.717) is 11.2 Å². The first-order valence-electron chi connectivity index (χ1n) is 11.7. The van der Waals surface area contributed by atoms with Crippen molar-refractivity contribution < 1.29 is 37.4 Å². The molecule has 0 bridgehead atoms. The van der Waals surface area contributed by atoms with Crippen molar-refractivity contribution >= 4 is 36.5 Å². The lowest BCUT2D eigenvalue weighted by molar-refractivity contribution is -0.0166. The van der Waals surface area contributed by atoms with Crippen LogP contribution in [0.2, 0.25) is 0 Å². The van der Waals surface area contributed by atoms with E-state index in [1.165, 1.54) is 12.7 Å². The molecule has 14 heteroatoms. The van der Waals surface area contributed by atoms with E-state index in [2.05, 4.69) is 15.0 Å². The third kappa shape index (κ3) is 7.68. The number of aromatic nitrogens is 4. The summed E-state index contributed by atoms with van der Waals surface area (Å²) < 4.78 is 41.5. The number of esters is 2. The molecule has 4 aromatic rings. The first-order valence-corrected chi connectivity index (χ1v) is 13.4. The van der Waals surface area contributed by atoms with Gasteiger partial charge in [-0.1, -0.05) is 36.4 Å². The van der Waals surface area contributed by atoms with Gasteiger partial charge in [0, 0.05) is 0 Å². The minimum absolute atomic E-state index is 0.244. The molecule has 2 aromatic heterocycles. The topological polar surface area (TPSA) is 167 Å². The summed E-state index contributed by atoms with van der Waals surface area (Å²) in [4.78, 5) is 36.7. The Kier molecular flexibility index (Phi) is 9.34. The Morgan fingerprint density at radius 1 is 0.897 bits per heavy atom. The zero-order valence-corrected chi connectivity index (χ0v) is 21.8. The summed E-state index contributed by atoms with van der Waals surface area (Å²) in [7, 11) is -4.06. The van der Waals surface area contributed by atoms with Gasteiger partial charge in [0.25, 0.3) is 0 Å². The average Bonchev–Trinajstić information content (AvgIpc) is 3.36. The Morgan fingerprint density at radius 3 is 2.03 bits per heavy atom. The molecule has 2 N–H and O–H groups in total. The smallest absolute Gasteiger partial charge is 0.361 e. The zero-order chi connectivity index (χ0) is 27.7. The van der Waals surface area contributed by atoms with Crippen molar-refractivity contribution in [3.05, 3.63) is 84.4 Å². The molecule has 0 aliphatic rings. The third-order valence-corrected chi connectivity index (χ3v) is 6.76. The van der Waals surface area contributed by atoms with Crippen LogP contribution in [0.15, 0.2) is 73.3 Å². The molecule has 0 amide bonds. The van der Waals surface area contributed by atoms with Crippen molar-refractivity contribution in [2.24, 2.45) is 0 Å². The second kappa shape index (κ2) is 13.1. The molecule has 13 nitrogen and oxygen atoms in total. The molecule has 1 atom stereocenters. The highest BCUT2D eigenvalue weighted by atomic mass is 31.2. The summed E-state index contributed by atoms with van der Waals surface area (Å²) in [6.07, 6.45) is 1.82. The lowest BCUT2D eigenvalue weighted by Crippen LogP contribution is -2.19. The molecule has 0 radical (unpaired) electrons. The number of nitrogen functional groups attached to an aromatic ring is 1. The molecule has 0 fully saturated rings. The normalized spacial score (nSPS) is 12.2. The molecule has 0 aliphatic carbocycles. The van der Waals surface area contributed by atoms with Crippen molar-refractivity contribution in [1.82, 2.24) is 19.5 Å². The highest BCUT2D eigenvalue weighted by Crippen LogP contribution is 2.48. The number of carbonyl (C=O) groups is 2. The minimum Gasteiger partial charge on any atom is -0.434 e. The van der Waals surface area contributed by atoms with Crippen molar-refractivity contribution in [2.75, 3.05) is 25.7 Å². The van der Waals surface area contributed by atoms with E-state index in [1.54, 1.807) is 72.2 Å². The number of carbonyl (C=O) groups excluding carboxylic acids is 2. The summed E-state index contributed by atoms with van der Waals surface area (Å²) >= 11 is 0. The maximum atomic E-state index is 13.4. The third-order valence-electron chi connectivity index (χ3n) is 5.30. The van der Waals surface area contributed by atoms with E-state index >= 15 is 0 Å². The number of ether oxygens (including phenoxy) is 3. The highest BCUT2D eigenvalue weighted by molar-refractivity contribution is 7.53. The number of benzene rings is 2. The van der Waals surface area contributed by atoms with Gasteiger partial charge in [0.15, 0.2) is 11.5 Å². The van der Waals surface area contributed by atoms with E-state index in [9.17, 15) is 14.2 Å². The molecule has 0 spiro atoms. The Morgan fingerprint density at radius 2 is 1.46 bits per heavy atom. The van der Waals surface area contributed by atoms with Crippen molar-refractivity contribution in [3.63, 3.8) is 0 Å². The Balaban J connectivity index is 1.36. The van der Waals surface area contributed by atoms with Crippen LogP contribution in [0.3, 0.4) is 0 Å². The standard InChI is InChI=1S/C25H26N5O8P/c1-18(12-30-14-29-21-22(26)27-13-28-23(21)30)36-17-39(33,37-15-34-24(31)19-8-4-2-5-9-19)38-16-35-25(32)20-10-6-3-7-11-20/h2-11,13-14,18H,12,15-17H2,1H3,(H2,26,27,28)/t18-/m1/s1. The van der Waals surface area contributed by atoms with Gasteiger partial charge in [-0.25, -0.2) is 24.5 Å².